The molecule has 0 amide bonds. The third-order valence-corrected chi connectivity index (χ3v) is 4.39. The average Bonchev–Trinajstić information content (AvgIpc) is 2.72. The molecule has 0 saturated heterocycles. The lowest BCUT2D eigenvalue weighted by Crippen LogP contribution is -2.37. The maximum atomic E-state index is 5.63. The standard InChI is InChI=1S/C22H31N3O3/c1-6-28-21-14-18(9-10-19(21)26-4)15-25-22(23-3)24-12-11-17-8-7-16(2)20(13-17)27-5/h7-10,13-14H,6,11-12,15H2,1-5H3,(H2,23,24,25). The minimum absolute atomic E-state index is 0.597. The second-order valence-corrected chi connectivity index (χ2v) is 6.32. The number of methoxy groups -OCH3 is 2. The molecule has 0 aliphatic heterocycles. The summed E-state index contributed by atoms with van der Waals surface area (Å²) in [4.78, 5) is 4.29. The quantitative estimate of drug-likeness (QED) is 0.512. The van der Waals surface area contributed by atoms with Crippen molar-refractivity contribution in [2.24, 2.45) is 4.99 Å². The highest BCUT2D eigenvalue weighted by molar-refractivity contribution is 5.79. The van der Waals surface area contributed by atoms with E-state index in [0.29, 0.717) is 13.2 Å². The molecule has 6 heteroatoms. The van der Waals surface area contributed by atoms with Crippen LogP contribution in [0.1, 0.15) is 23.6 Å². The van der Waals surface area contributed by atoms with Crippen molar-refractivity contribution in [1.82, 2.24) is 10.6 Å². The van der Waals surface area contributed by atoms with E-state index < -0.39 is 0 Å². The van der Waals surface area contributed by atoms with Gasteiger partial charge in [0, 0.05) is 20.1 Å². The lowest BCUT2D eigenvalue weighted by atomic mass is 10.1. The van der Waals surface area contributed by atoms with Crippen molar-refractivity contribution in [2.45, 2.75) is 26.8 Å². The van der Waals surface area contributed by atoms with Crippen molar-refractivity contribution in [3.63, 3.8) is 0 Å². The van der Waals surface area contributed by atoms with E-state index in [4.69, 9.17) is 14.2 Å². The van der Waals surface area contributed by atoms with E-state index >= 15 is 0 Å². The molecule has 0 radical (unpaired) electrons. The largest absolute Gasteiger partial charge is 0.496 e. The molecular formula is C22H31N3O3. The number of rotatable bonds is 9. The summed E-state index contributed by atoms with van der Waals surface area (Å²) >= 11 is 0. The topological polar surface area (TPSA) is 64.1 Å². The van der Waals surface area contributed by atoms with Gasteiger partial charge in [-0.2, -0.15) is 0 Å². The number of aryl methyl sites for hydroxylation is 1. The predicted molar refractivity (Wildman–Crippen MR) is 114 cm³/mol. The number of hydrogen-bond donors (Lipinski definition) is 2. The van der Waals surface area contributed by atoms with Crippen LogP contribution in [0.4, 0.5) is 0 Å². The van der Waals surface area contributed by atoms with Gasteiger partial charge in [-0.3, -0.25) is 4.99 Å². The summed E-state index contributed by atoms with van der Waals surface area (Å²) < 4.78 is 16.4. The fourth-order valence-electron chi connectivity index (χ4n) is 2.85. The first kappa shape index (κ1) is 21.4. The van der Waals surface area contributed by atoms with Gasteiger partial charge in [-0.1, -0.05) is 18.2 Å². The van der Waals surface area contributed by atoms with E-state index in [1.807, 2.05) is 32.0 Å². The second-order valence-electron chi connectivity index (χ2n) is 6.32. The monoisotopic (exact) mass is 385 g/mol. The molecular weight excluding hydrogens is 354 g/mol. The van der Waals surface area contributed by atoms with Gasteiger partial charge in [-0.15, -0.1) is 0 Å². The maximum Gasteiger partial charge on any atom is 0.191 e. The lowest BCUT2D eigenvalue weighted by Gasteiger charge is -2.14. The normalized spacial score (nSPS) is 11.1. The third kappa shape index (κ3) is 6.08. The van der Waals surface area contributed by atoms with E-state index in [1.54, 1.807) is 21.3 Å². The van der Waals surface area contributed by atoms with Gasteiger partial charge in [0.2, 0.25) is 0 Å². The number of benzene rings is 2. The smallest absolute Gasteiger partial charge is 0.191 e. The second kappa shape index (κ2) is 11.1. The van der Waals surface area contributed by atoms with E-state index in [2.05, 4.69) is 33.8 Å². The summed E-state index contributed by atoms with van der Waals surface area (Å²) in [7, 11) is 5.11. The molecule has 0 saturated carbocycles. The number of ether oxygens (including phenoxy) is 3. The first-order valence-electron chi connectivity index (χ1n) is 9.49. The van der Waals surface area contributed by atoms with Crippen LogP contribution >= 0.6 is 0 Å². The first-order chi connectivity index (χ1) is 13.6. The Hall–Kier alpha value is -2.89. The van der Waals surface area contributed by atoms with E-state index in [1.165, 1.54) is 5.56 Å². The molecule has 0 bridgehead atoms. The van der Waals surface area contributed by atoms with Gasteiger partial charge in [-0.05, 0) is 55.2 Å². The average molecular weight is 386 g/mol. The number of guanidine groups is 1. The molecule has 2 aromatic carbocycles. The molecule has 28 heavy (non-hydrogen) atoms. The Morgan fingerprint density at radius 2 is 1.64 bits per heavy atom. The zero-order chi connectivity index (χ0) is 20.4. The number of nitrogens with one attached hydrogen (secondary N) is 2. The first-order valence-corrected chi connectivity index (χ1v) is 9.49. The summed E-state index contributed by atoms with van der Waals surface area (Å²) in [5, 5.41) is 6.67. The van der Waals surface area contributed by atoms with E-state index in [-0.39, 0.29) is 0 Å². The molecule has 0 aliphatic carbocycles. The summed E-state index contributed by atoms with van der Waals surface area (Å²) in [5.74, 6) is 3.17. The Bertz CT molecular complexity index is 791. The Morgan fingerprint density at radius 3 is 2.32 bits per heavy atom. The summed E-state index contributed by atoms with van der Waals surface area (Å²) in [6.07, 6.45) is 0.883. The third-order valence-electron chi connectivity index (χ3n) is 4.39. The van der Waals surface area contributed by atoms with Crippen LogP contribution in [-0.2, 0) is 13.0 Å². The van der Waals surface area contributed by atoms with Gasteiger partial charge in [-0.25, -0.2) is 0 Å². The van der Waals surface area contributed by atoms with Gasteiger partial charge in [0.25, 0.3) is 0 Å². The van der Waals surface area contributed by atoms with Crippen LogP contribution in [0.15, 0.2) is 41.4 Å². The van der Waals surface area contributed by atoms with Crippen LogP contribution in [0, 0.1) is 6.92 Å². The van der Waals surface area contributed by atoms with Crippen LogP contribution in [-0.4, -0.2) is 40.4 Å². The zero-order valence-electron chi connectivity index (χ0n) is 17.5. The van der Waals surface area contributed by atoms with Gasteiger partial charge in [0.1, 0.15) is 5.75 Å². The summed E-state index contributed by atoms with van der Waals surface area (Å²) in [5.41, 5.74) is 3.46. The van der Waals surface area contributed by atoms with Gasteiger partial charge in [0.15, 0.2) is 17.5 Å². The fraction of sp³-hybridized carbons (Fsp3) is 0.409. The molecule has 0 atom stereocenters. The van der Waals surface area contributed by atoms with Crippen molar-refractivity contribution in [3.05, 3.63) is 53.1 Å². The minimum Gasteiger partial charge on any atom is -0.496 e. The molecule has 0 aliphatic rings. The predicted octanol–water partition coefficient (Wildman–Crippen LogP) is 3.32. The Morgan fingerprint density at radius 1 is 0.929 bits per heavy atom. The van der Waals surface area contributed by atoms with Crippen molar-refractivity contribution in [3.8, 4) is 17.2 Å². The lowest BCUT2D eigenvalue weighted by molar-refractivity contribution is 0.310. The van der Waals surface area contributed by atoms with Crippen molar-refractivity contribution in [1.29, 1.82) is 0 Å². The fourth-order valence-corrected chi connectivity index (χ4v) is 2.85. The van der Waals surface area contributed by atoms with E-state index in [0.717, 1.165) is 47.3 Å². The molecule has 2 aromatic rings. The number of hydrogen-bond acceptors (Lipinski definition) is 4. The molecule has 0 unspecified atom stereocenters. The molecule has 0 aromatic heterocycles. The molecule has 0 fully saturated rings. The molecule has 0 spiro atoms. The number of aliphatic imine (C=N–C) groups is 1. The Labute approximate surface area is 167 Å². The van der Waals surface area contributed by atoms with Crippen LogP contribution in [0.3, 0.4) is 0 Å². The van der Waals surface area contributed by atoms with Crippen molar-refractivity contribution in [2.75, 3.05) is 34.4 Å². The van der Waals surface area contributed by atoms with Crippen molar-refractivity contribution < 1.29 is 14.2 Å². The molecule has 6 nitrogen and oxygen atoms in total. The van der Waals surface area contributed by atoms with Crippen LogP contribution < -0.4 is 24.8 Å². The Kier molecular flexibility index (Phi) is 8.46. The minimum atomic E-state index is 0.597. The summed E-state index contributed by atoms with van der Waals surface area (Å²) in [6, 6.07) is 12.2. The van der Waals surface area contributed by atoms with Crippen LogP contribution in [0.5, 0.6) is 17.2 Å². The van der Waals surface area contributed by atoms with Gasteiger partial charge < -0.3 is 24.8 Å². The highest BCUT2D eigenvalue weighted by Gasteiger charge is 2.06. The van der Waals surface area contributed by atoms with Crippen molar-refractivity contribution >= 4 is 5.96 Å². The molecule has 2 rings (SSSR count). The SMILES string of the molecule is CCOc1cc(CNC(=NC)NCCc2ccc(C)c(OC)c2)ccc1OC. The zero-order valence-corrected chi connectivity index (χ0v) is 17.5. The van der Waals surface area contributed by atoms with E-state index in [9.17, 15) is 0 Å². The van der Waals surface area contributed by atoms with Gasteiger partial charge >= 0.3 is 0 Å². The Balaban J connectivity index is 1.87. The van der Waals surface area contributed by atoms with Gasteiger partial charge in [0.05, 0.1) is 20.8 Å². The molecule has 152 valence electrons. The highest BCUT2D eigenvalue weighted by Crippen LogP contribution is 2.28. The molecule has 0 heterocycles. The van der Waals surface area contributed by atoms with Crippen LogP contribution in [0.2, 0.25) is 0 Å². The number of nitrogens with zero attached hydrogens (tertiary/aromatic N) is 1. The summed E-state index contributed by atoms with van der Waals surface area (Å²) in [6.45, 7) is 6.02. The maximum absolute atomic E-state index is 5.63. The van der Waals surface area contributed by atoms with Crippen LogP contribution in [0.25, 0.3) is 0 Å². The molecule has 2 N–H and O–H groups in total. The highest BCUT2D eigenvalue weighted by atomic mass is 16.5.